The Morgan fingerprint density at radius 3 is 2.72 bits per heavy atom. The molecule has 1 aliphatic rings. The van der Waals surface area contributed by atoms with E-state index in [0.29, 0.717) is 17.0 Å². The Labute approximate surface area is 169 Å². The number of rotatable bonds is 6. The summed E-state index contributed by atoms with van der Waals surface area (Å²) in [7, 11) is 1.74. The largest absolute Gasteiger partial charge is 0.348 e. The number of amides is 1. The lowest BCUT2D eigenvalue weighted by atomic mass is 9.83. The molecule has 1 aliphatic carbocycles. The van der Waals surface area contributed by atoms with Gasteiger partial charge in [-0.15, -0.1) is 0 Å². The Balaban J connectivity index is 1.50. The number of hydrogen-bond acceptors (Lipinski definition) is 4. The third-order valence-electron chi connectivity index (χ3n) is 5.86. The zero-order chi connectivity index (χ0) is 20.2. The normalized spacial score (nSPS) is 16.0. The zero-order valence-electron chi connectivity index (χ0n) is 16.8. The van der Waals surface area contributed by atoms with Gasteiger partial charge in [-0.25, -0.2) is 4.98 Å². The Bertz CT molecular complexity index is 1030. The molecule has 0 saturated heterocycles. The average molecular weight is 393 g/mol. The van der Waals surface area contributed by atoms with Gasteiger partial charge < -0.3 is 5.32 Å². The molecule has 0 spiro atoms. The molecule has 1 saturated carbocycles. The maximum absolute atomic E-state index is 12.8. The summed E-state index contributed by atoms with van der Waals surface area (Å²) in [6, 6.07) is 10.1. The minimum Gasteiger partial charge on any atom is -0.348 e. The van der Waals surface area contributed by atoms with Crippen LogP contribution in [0.15, 0.2) is 47.7 Å². The van der Waals surface area contributed by atoms with Crippen LogP contribution in [-0.2, 0) is 18.4 Å². The minimum atomic E-state index is -0.248. The highest BCUT2D eigenvalue weighted by molar-refractivity contribution is 5.77. The first-order chi connectivity index (χ1) is 14.1. The number of aromatic nitrogens is 4. The van der Waals surface area contributed by atoms with Crippen LogP contribution in [0.25, 0.3) is 11.0 Å². The Morgan fingerprint density at radius 2 is 1.97 bits per heavy atom. The molecular weight excluding hydrogens is 366 g/mol. The number of aryl methyl sites for hydroxylation is 1. The molecule has 3 aromatic rings. The van der Waals surface area contributed by atoms with Gasteiger partial charge in [0.2, 0.25) is 5.91 Å². The summed E-state index contributed by atoms with van der Waals surface area (Å²) in [5.74, 6) is 0.451. The summed E-state index contributed by atoms with van der Waals surface area (Å²) in [6.45, 7) is -0.0509. The van der Waals surface area contributed by atoms with E-state index in [4.69, 9.17) is 0 Å². The zero-order valence-corrected chi connectivity index (χ0v) is 16.8. The van der Waals surface area contributed by atoms with Gasteiger partial charge >= 0.3 is 0 Å². The van der Waals surface area contributed by atoms with Gasteiger partial charge in [0, 0.05) is 7.05 Å². The van der Waals surface area contributed by atoms with Crippen molar-refractivity contribution in [2.24, 2.45) is 13.0 Å². The van der Waals surface area contributed by atoms with Gasteiger partial charge in [0.25, 0.3) is 5.56 Å². The van der Waals surface area contributed by atoms with Crippen molar-refractivity contribution in [3.63, 3.8) is 0 Å². The molecule has 1 fully saturated rings. The molecule has 152 valence electrons. The van der Waals surface area contributed by atoms with Crippen molar-refractivity contribution in [2.45, 2.75) is 51.1 Å². The minimum absolute atomic E-state index is 0.0439. The third-order valence-corrected chi connectivity index (χ3v) is 5.86. The van der Waals surface area contributed by atoms with E-state index in [1.165, 1.54) is 49.2 Å². The molecule has 2 aromatic heterocycles. The van der Waals surface area contributed by atoms with Crippen molar-refractivity contribution in [2.75, 3.05) is 0 Å². The van der Waals surface area contributed by atoms with E-state index in [1.54, 1.807) is 11.7 Å². The summed E-state index contributed by atoms with van der Waals surface area (Å²) in [4.78, 5) is 29.7. The average Bonchev–Trinajstić information content (AvgIpc) is 3.12. The number of fused-ring (bicyclic) bond motifs is 1. The van der Waals surface area contributed by atoms with Gasteiger partial charge in [-0.05, 0) is 17.9 Å². The highest BCUT2D eigenvalue weighted by Gasteiger charge is 2.22. The van der Waals surface area contributed by atoms with Crippen molar-refractivity contribution in [3.8, 4) is 0 Å². The van der Waals surface area contributed by atoms with Crippen molar-refractivity contribution in [1.29, 1.82) is 0 Å². The molecular formula is C22H27N5O2. The van der Waals surface area contributed by atoms with Gasteiger partial charge in [0.15, 0.2) is 5.65 Å². The highest BCUT2D eigenvalue weighted by atomic mass is 16.2. The highest BCUT2D eigenvalue weighted by Crippen LogP contribution is 2.31. The van der Waals surface area contributed by atoms with Gasteiger partial charge in [0.05, 0.1) is 12.2 Å². The molecule has 29 heavy (non-hydrogen) atoms. The first-order valence-corrected chi connectivity index (χ1v) is 10.3. The second-order valence-corrected chi connectivity index (χ2v) is 7.95. The van der Waals surface area contributed by atoms with E-state index in [2.05, 4.69) is 27.5 Å². The first kappa shape index (κ1) is 19.4. The van der Waals surface area contributed by atoms with E-state index < -0.39 is 0 Å². The van der Waals surface area contributed by atoms with E-state index >= 15 is 0 Å². The van der Waals surface area contributed by atoms with Crippen LogP contribution in [0.3, 0.4) is 0 Å². The quantitative estimate of drug-likeness (QED) is 0.698. The van der Waals surface area contributed by atoms with Crippen LogP contribution < -0.4 is 10.9 Å². The Morgan fingerprint density at radius 1 is 1.21 bits per heavy atom. The fraction of sp³-hybridized carbons (Fsp3) is 0.455. The van der Waals surface area contributed by atoms with Crippen LogP contribution in [0.5, 0.6) is 0 Å². The summed E-state index contributed by atoms with van der Waals surface area (Å²) in [5, 5.41) is 7.65. The van der Waals surface area contributed by atoms with Crippen molar-refractivity contribution < 1.29 is 4.79 Å². The van der Waals surface area contributed by atoms with E-state index in [1.807, 2.05) is 18.2 Å². The SMILES string of the molecule is Cn1ncc2c(=O)n(CC(=O)NC(CC3CCCCC3)c3ccccc3)cnc21. The smallest absolute Gasteiger partial charge is 0.264 e. The topological polar surface area (TPSA) is 81.8 Å². The molecule has 1 atom stereocenters. The number of nitrogens with zero attached hydrogens (tertiary/aromatic N) is 4. The van der Waals surface area contributed by atoms with Crippen LogP contribution in [0.4, 0.5) is 0 Å². The molecule has 0 aliphatic heterocycles. The van der Waals surface area contributed by atoms with Gasteiger partial charge in [-0.3, -0.25) is 18.8 Å². The lowest BCUT2D eigenvalue weighted by molar-refractivity contribution is -0.122. The Hall–Kier alpha value is -2.96. The lowest BCUT2D eigenvalue weighted by Gasteiger charge is -2.27. The van der Waals surface area contributed by atoms with Crippen molar-refractivity contribution >= 4 is 16.9 Å². The van der Waals surface area contributed by atoms with E-state index in [9.17, 15) is 9.59 Å². The third kappa shape index (κ3) is 4.39. The lowest BCUT2D eigenvalue weighted by Crippen LogP contribution is -2.35. The maximum Gasteiger partial charge on any atom is 0.264 e. The molecule has 2 heterocycles. The predicted molar refractivity (Wildman–Crippen MR) is 111 cm³/mol. The summed E-state index contributed by atoms with van der Waals surface area (Å²) < 4.78 is 2.90. The standard InChI is InChI=1S/C22H27N5O2/c1-26-21-18(13-24-26)22(29)27(15-23-21)14-20(28)25-19(17-10-6-3-7-11-17)12-16-8-4-2-5-9-16/h3,6-7,10-11,13,15-16,19H,2,4-5,8-9,12,14H2,1H3,(H,25,28). The van der Waals surface area contributed by atoms with Gasteiger partial charge in [-0.1, -0.05) is 62.4 Å². The molecule has 7 heteroatoms. The number of carbonyl (C=O) groups is 1. The molecule has 0 radical (unpaired) electrons. The van der Waals surface area contributed by atoms with Crippen molar-refractivity contribution in [1.82, 2.24) is 24.6 Å². The molecule has 1 N–H and O–H groups in total. The number of carbonyl (C=O) groups excluding carboxylic acids is 1. The summed E-state index contributed by atoms with van der Waals surface area (Å²) >= 11 is 0. The fourth-order valence-corrected chi connectivity index (χ4v) is 4.29. The van der Waals surface area contributed by atoms with Gasteiger partial charge in [0.1, 0.15) is 18.3 Å². The number of hydrogen-bond donors (Lipinski definition) is 1. The van der Waals surface area contributed by atoms with Gasteiger partial charge in [-0.2, -0.15) is 5.10 Å². The van der Waals surface area contributed by atoms with E-state index in [-0.39, 0.29) is 24.1 Å². The van der Waals surface area contributed by atoms with Crippen LogP contribution in [0.2, 0.25) is 0 Å². The second-order valence-electron chi connectivity index (χ2n) is 7.95. The van der Waals surface area contributed by atoms with E-state index in [0.717, 1.165) is 12.0 Å². The Kier molecular flexibility index (Phi) is 5.74. The van der Waals surface area contributed by atoms with Crippen LogP contribution in [0.1, 0.15) is 50.1 Å². The monoisotopic (exact) mass is 393 g/mol. The van der Waals surface area contributed by atoms with Crippen LogP contribution >= 0.6 is 0 Å². The molecule has 0 bridgehead atoms. The molecule has 1 unspecified atom stereocenters. The fourth-order valence-electron chi connectivity index (χ4n) is 4.29. The summed E-state index contributed by atoms with van der Waals surface area (Å²) in [5.41, 5.74) is 1.38. The van der Waals surface area contributed by atoms with Crippen LogP contribution in [-0.4, -0.2) is 25.2 Å². The number of benzene rings is 1. The molecule has 7 nitrogen and oxygen atoms in total. The molecule has 1 amide bonds. The first-order valence-electron chi connectivity index (χ1n) is 10.3. The maximum atomic E-state index is 12.8. The second kappa shape index (κ2) is 8.59. The van der Waals surface area contributed by atoms with Crippen LogP contribution in [0, 0.1) is 5.92 Å². The molecule has 4 rings (SSSR count). The molecule has 1 aromatic carbocycles. The number of nitrogens with one attached hydrogen (secondary N) is 1. The summed E-state index contributed by atoms with van der Waals surface area (Å²) in [6.07, 6.45) is 10.1. The predicted octanol–water partition coefficient (Wildman–Crippen LogP) is 2.96. The van der Waals surface area contributed by atoms with Crippen molar-refractivity contribution in [3.05, 3.63) is 58.8 Å².